The number of rotatable bonds is 9. The minimum Gasteiger partial charge on any atom is -0.496 e. The molecule has 47 heavy (non-hydrogen) atoms. The van der Waals surface area contributed by atoms with Crippen molar-refractivity contribution in [3.05, 3.63) is 102 Å². The molecule has 0 bridgehead atoms. The van der Waals surface area contributed by atoms with Crippen molar-refractivity contribution in [3.63, 3.8) is 0 Å². The molecular formula is C35H32F2N6O4. The quantitative estimate of drug-likeness (QED) is 0.234. The van der Waals surface area contributed by atoms with Gasteiger partial charge in [-0.2, -0.15) is 0 Å². The van der Waals surface area contributed by atoms with Crippen LogP contribution in [0.1, 0.15) is 28.9 Å². The van der Waals surface area contributed by atoms with E-state index < -0.39 is 5.82 Å². The number of H-pyrrole nitrogens is 1. The second-order valence-corrected chi connectivity index (χ2v) is 11.6. The highest BCUT2D eigenvalue weighted by Gasteiger charge is 2.34. The highest BCUT2D eigenvalue weighted by Crippen LogP contribution is 2.40. The van der Waals surface area contributed by atoms with Crippen LogP contribution in [0, 0.1) is 11.6 Å². The van der Waals surface area contributed by atoms with Crippen LogP contribution >= 0.6 is 0 Å². The molecule has 2 amide bonds. The summed E-state index contributed by atoms with van der Waals surface area (Å²) in [5.41, 5.74) is 2.92. The molecule has 2 aromatic heterocycles. The number of aromatic amines is 1. The van der Waals surface area contributed by atoms with Crippen LogP contribution in [-0.2, 0) is 11.3 Å². The number of nitrogens with one attached hydrogen (secondary N) is 1. The SMILES string of the molecule is COc1ccccc1-c1cc(C2=CCCN(C(=O)CCn3ccnn3)C2)c(F)c2[nH]c(C(=O)N3CC(Oc4ccc(F)cc4)C3)cc12. The molecule has 4 heterocycles. The Kier molecular flexibility index (Phi) is 8.15. The molecule has 2 aliphatic heterocycles. The van der Waals surface area contributed by atoms with E-state index in [0.717, 1.165) is 5.56 Å². The van der Waals surface area contributed by atoms with Gasteiger partial charge in [-0.1, -0.05) is 29.5 Å². The Labute approximate surface area is 269 Å². The normalized spacial score (nSPS) is 15.0. The Morgan fingerprint density at radius 3 is 2.57 bits per heavy atom. The first kappa shape index (κ1) is 30.2. The third kappa shape index (κ3) is 6.06. The third-order valence-electron chi connectivity index (χ3n) is 8.61. The molecule has 0 saturated carbocycles. The minimum absolute atomic E-state index is 0.0541. The smallest absolute Gasteiger partial charge is 0.270 e. The van der Waals surface area contributed by atoms with Crippen LogP contribution in [0.4, 0.5) is 8.78 Å². The minimum atomic E-state index is -0.498. The zero-order chi connectivity index (χ0) is 32.5. The predicted octanol–water partition coefficient (Wildman–Crippen LogP) is 5.32. The van der Waals surface area contributed by atoms with Crippen molar-refractivity contribution in [1.29, 1.82) is 0 Å². The van der Waals surface area contributed by atoms with Crippen LogP contribution < -0.4 is 9.47 Å². The van der Waals surface area contributed by atoms with Gasteiger partial charge in [0.1, 0.15) is 29.1 Å². The number of hydrogen-bond donors (Lipinski definition) is 1. The zero-order valence-electron chi connectivity index (χ0n) is 25.7. The molecule has 0 unspecified atom stereocenters. The Morgan fingerprint density at radius 2 is 1.81 bits per heavy atom. The average molecular weight is 639 g/mol. The molecule has 2 aliphatic rings. The lowest BCUT2D eigenvalue weighted by Gasteiger charge is -2.38. The number of likely N-dealkylation sites (tertiary alicyclic amines) is 1. The lowest BCUT2D eigenvalue weighted by atomic mass is 9.93. The molecule has 5 aromatic rings. The van der Waals surface area contributed by atoms with Crippen molar-refractivity contribution in [3.8, 4) is 22.6 Å². The summed E-state index contributed by atoms with van der Waals surface area (Å²) in [6.07, 6.45) is 5.83. The Morgan fingerprint density at radius 1 is 1.00 bits per heavy atom. The number of benzene rings is 3. The van der Waals surface area contributed by atoms with E-state index in [1.165, 1.54) is 12.1 Å². The Hall–Kier alpha value is -5.52. The first-order valence-corrected chi connectivity index (χ1v) is 15.4. The van der Waals surface area contributed by atoms with E-state index in [4.69, 9.17) is 9.47 Å². The van der Waals surface area contributed by atoms with Crippen molar-refractivity contribution >= 4 is 28.3 Å². The van der Waals surface area contributed by atoms with Crippen LogP contribution in [0.15, 0.2) is 79.1 Å². The summed E-state index contributed by atoms with van der Waals surface area (Å²) in [6.45, 7) is 1.87. The monoisotopic (exact) mass is 638 g/mol. The average Bonchev–Trinajstić information content (AvgIpc) is 3.77. The molecule has 240 valence electrons. The highest BCUT2D eigenvalue weighted by atomic mass is 19.1. The summed E-state index contributed by atoms with van der Waals surface area (Å²) in [5, 5.41) is 8.24. The highest BCUT2D eigenvalue weighted by molar-refractivity contribution is 6.05. The summed E-state index contributed by atoms with van der Waals surface area (Å²) in [6, 6.07) is 16.7. The molecule has 10 nitrogen and oxygen atoms in total. The molecule has 1 fully saturated rings. The van der Waals surface area contributed by atoms with E-state index in [1.807, 2.05) is 30.3 Å². The Bertz CT molecular complexity index is 1970. The number of aryl methyl sites for hydroxylation is 1. The van der Waals surface area contributed by atoms with Crippen LogP contribution in [0.25, 0.3) is 27.6 Å². The topological polar surface area (TPSA) is 106 Å². The van der Waals surface area contributed by atoms with Gasteiger partial charge in [-0.3, -0.25) is 14.3 Å². The number of ether oxygens (including phenoxy) is 2. The van der Waals surface area contributed by atoms with E-state index in [9.17, 15) is 14.0 Å². The van der Waals surface area contributed by atoms with Gasteiger partial charge in [0.2, 0.25) is 5.91 Å². The van der Waals surface area contributed by atoms with Gasteiger partial charge in [-0.05, 0) is 60.0 Å². The molecule has 1 N–H and O–H groups in total. The summed E-state index contributed by atoms with van der Waals surface area (Å²) in [4.78, 5) is 33.1. The zero-order valence-corrected chi connectivity index (χ0v) is 25.7. The second-order valence-electron chi connectivity index (χ2n) is 11.6. The van der Waals surface area contributed by atoms with E-state index in [0.29, 0.717) is 66.2 Å². The van der Waals surface area contributed by atoms with Crippen molar-refractivity contribution < 1.29 is 27.8 Å². The molecule has 0 atom stereocenters. The number of hydrogen-bond acceptors (Lipinski definition) is 6. The first-order chi connectivity index (χ1) is 22.9. The number of carbonyl (C=O) groups excluding carboxylic acids is 2. The number of aromatic nitrogens is 4. The summed E-state index contributed by atoms with van der Waals surface area (Å²) in [5.74, 6) is -0.0600. The first-order valence-electron chi connectivity index (χ1n) is 15.4. The lowest BCUT2D eigenvalue weighted by molar-refractivity contribution is -0.131. The molecule has 3 aromatic carbocycles. The van der Waals surface area contributed by atoms with Gasteiger partial charge < -0.3 is 24.3 Å². The lowest BCUT2D eigenvalue weighted by Crippen LogP contribution is -2.56. The number of amides is 2. The standard InChI is InChI=1S/C35H32F2N6O4/c1-46-31-7-3-2-6-26(31)28-17-27(22-5-4-14-41(19-22)32(44)12-15-43-16-13-38-40-43)33(37)34-29(28)18-30(39-34)35(45)42-20-25(21-42)47-24-10-8-23(36)9-11-24/h2-3,5-11,13,16-18,25,39H,4,12,14-15,19-21H2,1H3. The van der Waals surface area contributed by atoms with Crippen molar-refractivity contribution in [2.24, 2.45) is 0 Å². The summed E-state index contributed by atoms with van der Waals surface area (Å²) in [7, 11) is 1.58. The molecule has 12 heteroatoms. The maximum absolute atomic E-state index is 16.5. The van der Waals surface area contributed by atoms with Gasteiger partial charge in [0.15, 0.2) is 5.82 Å². The fourth-order valence-electron chi connectivity index (χ4n) is 6.13. The van der Waals surface area contributed by atoms with Crippen molar-refractivity contribution in [1.82, 2.24) is 29.8 Å². The Balaban J connectivity index is 1.17. The van der Waals surface area contributed by atoms with Gasteiger partial charge in [-0.25, -0.2) is 8.78 Å². The molecule has 0 spiro atoms. The van der Waals surface area contributed by atoms with Crippen molar-refractivity contribution in [2.45, 2.75) is 25.5 Å². The maximum atomic E-state index is 16.5. The number of para-hydroxylation sites is 1. The number of halogens is 2. The van der Waals surface area contributed by atoms with E-state index in [2.05, 4.69) is 15.3 Å². The van der Waals surface area contributed by atoms with Gasteiger partial charge in [0.05, 0.1) is 38.5 Å². The van der Waals surface area contributed by atoms with Crippen LogP contribution in [0.2, 0.25) is 0 Å². The number of fused-ring (bicyclic) bond motifs is 1. The largest absolute Gasteiger partial charge is 0.496 e. The summed E-state index contributed by atoms with van der Waals surface area (Å²) < 4.78 is 42.9. The molecular weight excluding hydrogens is 606 g/mol. The number of carbonyl (C=O) groups is 2. The van der Waals surface area contributed by atoms with Crippen LogP contribution in [0.3, 0.4) is 0 Å². The molecule has 0 radical (unpaired) electrons. The number of nitrogens with zero attached hydrogens (tertiary/aromatic N) is 5. The summed E-state index contributed by atoms with van der Waals surface area (Å²) >= 11 is 0. The van der Waals surface area contributed by atoms with Gasteiger partial charge >= 0.3 is 0 Å². The fraction of sp³-hybridized carbons (Fsp3) is 0.257. The molecule has 1 saturated heterocycles. The van der Waals surface area contributed by atoms with Crippen molar-refractivity contribution in [2.75, 3.05) is 33.3 Å². The van der Waals surface area contributed by atoms with E-state index >= 15 is 4.39 Å². The number of methoxy groups -OCH3 is 1. The molecule has 7 rings (SSSR count). The maximum Gasteiger partial charge on any atom is 0.270 e. The van der Waals surface area contributed by atoms with Gasteiger partial charge in [0.25, 0.3) is 5.91 Å². The predicted molar refractivity (Wildman–Crippen MR) is 171 cm³/mol. The van der Waals surface area contributed by atoms with Crippen LogP contribution in [0.5, 0.6) is 11.5 Å². The van der Waals surface area contributed by atoms with E-state index in [-0.39, 0.29) is 47.9 Å². The third-order valence-corrected chi connectivity index (χ3v) is 8.61. The molecule has 0 aliphatic carbocycles. The fourth-order valence-corrected chi connectivity index (χ4v) is 6.13. The van der Waals surface area contributed by atoms with Crippen LogP contribution in [-0.4, -0.2) is 81.0 Å². The van der Waals surface area contributed by atoms with E-state index in [1.54, 1.807) is 58.3 Å². The van der Waals surface area contributed by atoms with Gasteiger partial charge in [0, 0.05) is 42.2 Å². The second kappa shape index (κ2) is 12.7. The van der Waals surface area contributed by atoms with Gasteiger partial charge in [-0.15, -0.1) is 5.10 Å².